The van der Waals surface area contributed by atoms with Crippen LogP contribution in [0, 0.1) is 0 Å². The Labute approximate surface area is 354 Å². The number of aliphatic hydroxyl groups is 1. The highest BCUT2D eigenvalue weighted by atomic mass is 31.2. The van der Waals surface area contributed by atoms with Gasteiger partial charge in [-0.2, -0.15) is 0 Å². The lowest BCUT2D eigenvalue weighted by molar-refractivity contribution is -0.870. The summed E-state index contributed by atoms with van der Waals surface area (Å²) in [6.45, 7) is 4.74. The molecule has 9 heteroatoms. The molecule has 0 aromatic heterocycles. The number of carbonyl (C=O) groups excluding carboxylic acids is 1. The van der Waals surface area contributed by atoms with E-state index in [2.05, 4.69) is 31.3 Å². The maximum Gasteiger partial charge on any atom is 0.268 e. The van der Waals surface area contributed by atoms with E-state index in [4.69, 9.17) is 9.05 Å². The first kappa shape index (κ1) is 56.2. The van der Waals surface area contributed by atoms with Crippen molar-refractivity contribution in [1.82, 2.24) is 5.32 Å². The third-order valence-electron chi connectivity index (χ3n) is 11.3. The number of nitrogens with zero attached hydrogens (tertiary/aromatic N) is 1. The van der Waals surface area contributed by atoms with Gasteiger partial charge in [0.1, 0.15) is 13.2 Å². The minimum atomic E-state index is -4.56. The first-order valence-electron chi connectivity index (χ1n) is 24.5. The molecule has 1 amide bonds. The van der Waals surface area contributed by atoms with Crippen molar-refractivity contribution in [2.24, 2.45) is 0 Å². The largest absolute Gasteiger partial charge is 0.756 e. The van der Waals surface area contributed by atoms with E-state index in [1.54, 1.807) is 0 Å². The third kappa shape index (κ3) is 43.1. The van der Waals surface area contributed by atoms with Crippen molar-refractivity contribution in [3.63, 3.8) is 0 Å². The molecule has 0 spiro atoms. The fraction of sp³-hybridized carbons (Fsp3) is 0.938. The number of nitrogens with one attached hydrogen (secondary N) is 1. The molecule has 0 bridgehead atoms. The fourth-order valence-corrected chi connectivity index (χ4v) is 8.05. The predicted octanol–water partition coefficient (Wildman–Crippen LogP) is 13.3. The van der Waals surface area contributed by atoms with Gasteiger partial charge in [0.25, 0.3) is 7.82 Å². The number of hydrogen-bond donors (Lipinski definition) is 2. The zero-order valence-electron chi connectivity index (χ0n) is 38.6. The molecule has 0 aliphatic carbocycles. The number of rotatable bonds is 45. The Balaban J connectivity index is 4.27. The van der Waals surface area contributed by atoms with Gasteiger partial charge in [0.05, 0.1) is 39.9 Å². The average Bonchev–Trinajstić information content (AvgIpc) is 3.16. The lowest BCUT2D eigenvalue weighted by Gasteiger charge is -2.30. The van der Waals surface area contributed by atoms with Gasteiger partial charge in [-0.05, 0) is 38.5 Å². The number of unbranched alkanes of at least 4 members (excludes halogenated alkanes) is 30. The monoisotopic (exact) mass is 829 g/mol. The molecular formula is C48H97N2O6P. The summed E-state index contributed by atoms with van der Waals surface area (Å²) in [5.41, 5.74) is 0. The molecule has 0 heterocycles. The van der Waals surface area contributed by atoms with E-state index < -0.39 is 20.0 Å². The van der Waals surface area contributed by atoms with Gasteiger partial charge in [0, 0.05) is 6.42 Å². The van der Waals surface area contributed by atoms with Crippen LogP contribution in [0.25, 0.3) is 0 Å². The zero-order valence-corrected chi connectivity index (χ0v) is 39.5. The molecule has 2 N–H and O–H groups in total. The maximum absolute atomic E-state index is 12.9. The number of phosphoric acid groups is 1. The number of carbonyl (C=O) groups is 1. The number of phosphoric ester groups is 1. The van der Waals surface area contributed by atoms with Gasteiger partial charge in [0.2, 0.25) is 5.91 Å². The smallest absolute Gasteiger partial charge is 0.268 e. The molecule has 57 heavy (non-hydrogen) atoms. The quantitative estimate of drug-likeness (QED) is 0.0274. The standard InChI is InChI=1S/C48H97N2O6P/c1-6-8-10-12-14-16-18-20-22-23-24-25-26-28-30-32-34-36-38-40-42-48(52)49-46(45-56-57(53,54)55-44-43-50(3,4)5)47(51)41-39-37-35-33-31-29-27-21-19-17-15-13-11-9-7-2/h24-25,46-47,51H,6-23,26-45H2,1-5H3,(H-,49,52,53,54)/b25-24-. The van der Waals surface area contributed by atoms with Crippen LogP contribution in [0.5, 0.6) is 0 Å². The maximum atomic E-state index is 12.9. The van der Waals surface area contributed by atoms with Gasteiger partial charge in [-0.15, -0.1) is 0 Å². The van der Waals surface area contributed by atoms with Crippen LogP contribution in [0.4, 0.5) is 0 Å². The zero-order chi connectivity index (χ0) is 42.1. The van der Waals surface area contributed by atoms with Gasteiger partial charge in [-0.25, -0.2) is 0 Å². The van der Waals surface area contributed by atoms with Gasteiger partial charge >= 0.3 is 0 Å². The van der Waals surface area contributed by atoms with Crippen molar-refractivity contribution in [1.29, 1.82) is 0 Å². The molecule has 0 aliphatic heterocycles. The molecule has 3 unspecified atom stereocenters. The topological polar surface area (TPSA) is 108 Å². The van der Waals surface area contributed by atoms with Crippen molar-refractivity contribution >= 4 is 13.7 Å². The summed E-state index contributed by atoms with van der Waals surface area (Å²) in [5.74, 6) is -0.167. The molecule has 3 atom stereocenters. The summed E-state index contributed by atoms with van der Waals surface area (Å²) < 4.78 is 23.3. The summed E-state index contributed by atoms with van der Waals surface area (Å²) in [7, 11) is 1.31. The second-order valence-electron chi connectivity index (χ2n) is 18.2. The van der Waals surface area contributed by atoms with Crippen LogP contribution in [0.15, 0.2) is 12.2 Å². The minimum Gasteiger partial charge on any atom is -0.756 e. The number of amides is 1. The predicted molar refractivity (Wildman–Crippen MR) is 242 cm³/mol. The Hall–Kier alpha value is -0.760. The molecule has 340 valence electrons. The molecule has 0 saturated carbocycles. The van der Waals surface area contributed by atoms with Crippen molar-refractivity contribution in [3.8, 4) is 0 Å². The lowest BCUT2D eigenvalue weighted by atomic mass is 10.0. The van der Waals surface area contributed by atoms with E-state index in [0.717, 1.165) is 38.5 Å². The minimum absolute atomic E-state index is 0.0134. The molecule has 0 rings (SSSR count). The average molecular weight is 829 g/mol. The molecule has 0 aromatic rings. The van der Waals surface area contributed by atoms with E-state index >= 15 is 0 Å². The number of quaternary nitrogens is 1. The van der Waals surface area contributed by atoms with Gasteiger partial charge in [-0.3, -0.25) is 9.36 Å². The summed E-state index contributed by atoms with van der Waals surface area (Å²) in [5, 5.41) is 13.9. The van der Waals surface area contributed by atoms with Crippen molar-refractivity contribution in [3.05, 3.63) is 12.2 Å². The lowest BCUT2D eigenvalue weighted by Crippen LogP contribution is -2.46. The molecule has 0 aromatic carbocycles. The number of likely N-dealkylation sites (N-methyl/N-ethyl adjacent to an activating group) is 1. The van der Waals surface area contributed by atoms with Gasteiger partial charge < -0.3 is 28.8 Å². The van der Waals surface area contributed by atoms with E-state index in [1.165, 1.54) is 173 Å². The van der Waals surface area contributed by atoms with Crippen LogP contribution >= 0.6 is 7.82 Å². The summed E-state index contributed by atoms with van der Waals surface area (Å²) >= 11 is 0. The van der Waals surface area contributed by atoms with Crippen LogP contribution in [0.3, 0.4) is 0 Å². The Bertz CT molecular complexity index is 942. The number of hydrogen-bond acceptors (Lipinski definition) is 6. The highest BCUT2D eigenvalue weighted by Gasteiger charge is 2.24. The highest BCUT2D eigenvalue weighted by molar-refractivity contribution is 7.45. The van der Waals surface area contributed by atoms with Crippen molar-refractivity contribution in [2.75, 3.05) is 40.9 Å². The first-order chi connectivity index (χ1) is 27.5. The van der Waals surface area contributed by atoms with Crippen LogP contribution < -0.4 is 10.2 Å². The van der Waals surface area contributed by atoms with E-state index in [-0.39, 0.29) is 19.1 Å². The normalized spacial score (nSPS) is 14.3. The number of aliphatic hydroxyl groups excluding tert-OH is 1. The summed E-state index contributed by atoms with van der Waals surface area (Å²) in [6, 6.07) is -0.799. The number of allylic oxidation sites excluding steroid dienone is 2. The molecule has 8 nitrogen and oxygen atoms in total. The van der Waals surface area contributed by atoms with Crippen LogP contribution in [0.2, 0.25) is 0 Å². The Morgan fingerprint density at radius 2 is 0.965 bits per heavy atom. The van der Waals surface area contributed by atoms with Crippen LogP contribution in [0.1, 0.15) is 239 Å². The highest BCUT2D eigenvalue weighted by Crippen LogP contribution is 2.38. The van der Waals surface area contributed by atoms with Gasteiger partial charge in [0.15, 0.2) is 0 Å². The second-order valence-corrected chi connectivity index (χ2v) is 19.6. The first-order valence-corrected chi connectivity index (χ1v) is 26.0. The molecule has 0 saturated heterocycles. The van der Waals surface area contributed by atoms with Crippen LogP contribution in [-0.4, -0.2) is 68.5 Å². The summed E-state index contributed by atoms with van der Waals surface area (Å²) in [4.78, 5) is 25.4. The third-order valence-corrected chi connectivity index (χ3v) is 12.2. The summed E-state index contributed by atoms with van der Waals surface area (Å²) in [6.07, 6.45) is 46.4. The fourth-order valence-electron chi connectivity index (χ4n) is 7.33. The van der Waals surface area contributed by atoms with Crippen molar-refractivity contribution < 1.29 is 32.9 Å². The van der Waals surface area contributed by atoms with Crippen LogP contribution in [-0.2, 0) is 18.4 Å². The van der Waals surface area contributed by atoms with E-state index in [9.17, 15) is 19.4 Å². The second kappa shape index (κ2) is 40.6. The Kier molecular flexibility index (Phi) is 40.1. The molecule has 0 radical (unpaired) electrons. The van der Waals surface area contributed by atoms with E-state index in [0.29, 0.717) is 23.9 Å². The van der Waals surface area contributed by atoms with Crippen molar-refractivity contribution in [2.45, 2.75) is 251 Å². The SMILES string of the molecule is CCCCCCCCCCC/C=C\CCCCCCCCCC(=O)NC(COP(=O)([O-])OCC[N+](C)(C)C)C(O)CCCCCCCCCCCCCCCCC. The van der Waals surface area contributed by atoms with Gasteiger partial charge in [-0.1, -0.05) is 206 Å². The van der Waals surface area contributed by atoms with E-state index in [1.807, 2.05) is 21.1 Å². The molecular weight excluding hydrogens is 732 g/mol. The molecule has 0 fully saturated rings. The Morgan fingerprint density at radius 3 is 1.37 bits per heavy atom. The Morgan fingerprint density at radius 1 is 0.596 bits per heavy atom. The molecule has 0 aliphatic rings.